The Hall–Kier alpha value is -1.96. The van der Waals surface area contributed by atoms with Crippen molar-refractivity contribution in [2.45, 2.75) is 11.5 Å². The molecule has 116 valence electrons. The maximum absolute atomic E-state index is 11.9. The number of hydrogen-bond acceptors (Lipinski definition) is 5. The molecule has 6 nitrogen and oxygen atoms in total. The maximum atomic E-state index is 11.9. The average molecular weight is 341 g/mol. The molecular formula is C14H13ClN2O4S. The minimum absolute atomic E-state index is 0.0761. The normalized spacial score (nSPS) is 11.1. The van der Waals surface area contributed by atoms with Gasteiger partial charge in [0.15, 0.2) is 0 Å². The predicted octanol–water partition coefficient (Wildman–Crippen LogP) is 1.76. The number of carbonyl (C=O) groups excluding carboxylic acids is 1. The summed E-state index contributed by atoms with van der Waals surface area (Å²) < 4.78 is 31.0. The number of sulfonamides is 1. The fourth-order valence-corrected chi connectivity index (χ4v) is 2.57. The summed E-state index contributed by atoms with van der Waals surface area (Å²) in [6.07, 6.45) is 1.11. The lowest BCUT2D eigenvalue weighted by atomic mass is 10.2. The van der Waals surface area contributed by atoms with Crippen LogP contribution in [0.25, 0.3) is 0 Å². The van der Waals surface area contributed by atoms with Crippen molar-refractivity contribution in [3.05, 3.63) is 59.4 Å². The first-order valence-electron chi connectivity index (χ1n) is 6.28. The van der Waals surface area contributed by atoms with Gasteiger partial charge in [0.25, 0.3) is 0 Å². The molecule has 0 fully saturated rings. The van der Waals surface area contributed by atoms with Gasteiger partial charge < -0.3 is 4.74 Å². The van der Waals surface area contributed by atoms with Gasteiger partial charge in [-0.3, -0.25) is 4.79 Å². The van der Waals surface area contributed by atoms with Gasteiger partial charge in [-0.2, -0.15) is 4.72 Å². The third-order valence-electron chi connectivity index (χ3n) is 2.66. The zero-order valence-corrected chi connectivity index (χ0v) is 13.0. The van der Waals surface area contributed by atoms with Gasteiger partial charge in [0.05, 0.1) is 0 Å². The van der Waals surface area contributed by atoms with Crippen LogP contribution >= 0.6 is 11.6 Å². The number of nitrogens with one attached hydrogen (secondary N) is 1. The van der Waals surface area contributed by atoms with E-state index in [2.05, 4.69) is 9.71 Å². The second-order valence-electron chi connectivity index (χ2n) is 4.29. The molecule has 2 rings (SSSR count). The molecule has 0 spiro atoms. The van der Waals surface area contributed by atoms with E-state index in [1.807, 2.05) is 18.2 Å². The second-order valence-corrected chi connectivity index (χ2v) is 6.44. The van der Waals surface area contributed by atoms with Crippen LogP contribution in [-0.4, -0.2) is 25.9 Å². The number of aromatic nitrogens is 1. The van der Waals surface area contributed by atoms with Crippen LogP contribution in [0.5, 0.6) is 0 Å². The topological polar surface area (TPSA) is 85.4 Å². The molecule has 0 radical (unpaired) electrons. The highest BCUT2D eigenvalue weighted by Crippen LogP contribution is 2.10. The van der Waals surface area contributed by atoms with Crippen molar-refractivity contribution >= 4 is 27.6 Å². The van der Waals surface area contributed by atoms with Crippen molar-refractivity contribution < 1.29 is 17.9 Å². The van der Waals surface area contributed by atoms with E-state index in [1.54, 1.807) is 12.1 Å². The monoisotopic (exact) mass is 340 g/mol. The molecule has 0 bridgehead atoms. The number of carbonyl (C=O) groups is 1. The Balaban J connectivity index is 1.86. The zero-order valence-electron chi connectivity index (χ0n) is 11.4. The van der Waals surface area contributed by atoms with E-state index in [0.29, 0.717) is 0 Å². The molecule has 0 saturated carbocycles. The molecule has 1 heterocycles. The molecule has 1 aromatic heterocycles. The lowest BCUT2D eigenvalue weighted by Crippen LogP contribution is -2.30. The van der Waals surface area contributed by atoms with Crippen LogP contribution < -0.4 is 4.72 Å². The number of hydrogen-bond donors (Lipinski definition) is 1. The molecule has 1 N–H and O–H groups in total. The van der Waals surface area contributed by atoms with Gasteiger partial charge in [-0.25, -0.2) is 13.4 Å². The summed E-state index contributed by atoms with van der Waals surface area (Å²) in [5.74, 6) is -0.672. The number of halogens is 1. The second kappa shape index (κ2) is 7.35. The molecule has 1 aromatic carbocycles. The fourth-order valence-electron chi connectivity index (χ4n) is 1.55. The van der Waals surface area contributed by atoms with Crippen LogP contribution in [-0.2, 0) is 26.2 Å². The minimum Gasteiger partial charge on any atom is -0.460 e. The van der Waals surface area contributed by atoms with E-state index < -0.39 is 22.5 Å². The fraction of sp³-hybridized carbons (Fsp3) is 0.143. The summed E-state index contributed by atoms with van der Waals surface area (Å²) >= 11 is 5.59. The lowest BCUT2D eigenvalue weighted by Gasteiger charge is -2.07. The van der Waals surface area contributed by atoms with Gasteiger partial charge in [-0.05, 0) is 17.7 Å². The summed E-state index contributed by atoms with van der Waals surface area (Å²) in [5, 5.41) is 0.182. The van der Waals surface area contributed by atoms with Crippen molar-refractivity contribution in [2.24, 2.45) is 0 Å². The highest BCUT2D eigenvalue weighted by Gasteiger charge is 2.16. The van der Waals surface area contributed by atoms with E-state index in [9.17, 15) is 13.2 Å². The molecule has 0 aliphatic carbocycles. The van der Waals surface area contributed by atoms with Crippen LogP contribution in [0, 0.1) is 0 Å². The van der Waals surface area contributed by atoms with Crippen molar-refractivity contribution in [3.8, 4) is 0 Å². The van der Waals surface area contributed by atoms with Gasteiger partial charge in [0, 0.05) is 6.20 Å². The standard InChI is InChI=1S/C14H13ClN2O4S/c15-13-7-6-12(8-16-13)22(19,20)17-9-14(18)21-10-11-4-2-1-3-5-11/h1-8,17H,9-10H2. The number of pyridine rings is 1. The number of benzene rings is 1. The smallest absolute Gasteiger partial charge is 0.321 e. The first-order valence-corrected chi connectivity index (χ1v) is 8.14. The van der Waals surface area contributed by atoms with Crippen molar-refractivity contribution in [1.82, 2.24) is 9.71 Å². The Morgan fingerprint density at radius 2 is 1.91 bits per heavy atom. The summed E-state index contributed by atoms with van der Waals surface area (Å²) in [6.45, 7) is -0.373. The largest absolute Gasteiger partial charge is 0.460 e. The molecule has 2 aromatic rings. The molecular weight excluding hydrogens is 328 g/mol. The van der Waals surface area contributed by atoms with E-state index in [1.165, 1.54) is 12.1 Å². The number of nitrogens with zero attached hydrogens (tertiary/aromatic N) is 1. The lowest BCUT2D eigenvalue weighted by molar-refractivity contribution is -0.143. The first-order chi connectivity index (χ1) is 10.5. The summed E-state index contributed by atoms with van der Waals surface area (Å²) in [5.41, 5.74) is 0.820. The summed E-state index contributed by atoms with van der Waals surface area (Å²) in [4.78, 5) is 15.2. The number of esters is 1. The van der Waals surface area contributed by atoms with Crippen LogP contribution in [0.2, 0.25) is 5.15 Å². The third-order valence-corrected chi connectivity index (χ3v) is 4.27. The molecule has 22 heavy (non-hydrogen) atoms. The number of ether oxygens (including phenoxy) is 1. The predicted molar refractivity (Wildman–Crippen MR) is 80.7 cm³/mol. The first kappa shape index (κ1) is 16.4. The minimum atomic E-state index is -3.83. The number of rotatable bonds is 6. The average Bonchev–Trinajstić information content (AvgIpc) is 2.52. The van der Waals surface area contributed by atoms with E-state index >= 15 is 0 Å². The molecule has 0 atom stereocenters. The molecule has 0 saturated heterocycles. The summed E-state index contributed by atoms with van der Waals surface area (Å²) in [6, 6.07) is 11.7. The Labute approximate surface area is 133 Å². The van der Waals surface area contributed by atoms with Crippen molar-refractivity contribution in [2.75, 3.05) is 6.54 Å². The van der Waals surface area contributed by atoms with E-state index in [-0.39, 0.29) is 16.7 Å². The van der Waals surface area contributed by atoms with E-state index in [4.69, 9.17) is 16.3 Å². The molecule has 0 aliphatic heterocycles. The van der Waals surface area contributed by atoms with Gasteiger partial charge in [-0.15, -0.1) is 0 Å². The summed E-state index contributed by atoms with van der Waals surface area (Å²) in [7, 11) is -3.83. The Morgan fingerprint density at radius 3 is 2.55 bits per heavy atom. The third kappa shape index (κ3) is 4.80. The van der Waals surface area contributed by atoms with Crippen LogP contribution in [0.3, 0.4) is 0 Å². The SMILES string of the molecule is O=C(CNS(=O)(=O)c1ccc(Cl)nc1)OCc1ccccc1. The highest BCUT2D eigenvalue weighted by atomic mass is 35.5. The molecule has 0 unspecified atom stereocenters. The van der Waals surface area contributed by atoms with Gasteiger partial charge in [0.1, 0.15) is 23.2 Å². The maximum Gasteiger partial charge on any atom is 0.321 e. The van der Waals surface area contributed by atoms with Crippen LogP contribution in [0.15, 0.2) is 53.6 Å². The Kier molecular flexibility index (Phi) is 5.48. The highest BCUT2D eigenvalue weighted by molar-refractivity contribution is 7.89. The van der Waals surface area contributed by atoms with E-state index in [0.717, 1.165) is 11.8 Å². The van der Waals surface area contributed by atoms with Crippen molar-refractivity contribution in [3.63, 3.8) is 0 Å². The van der Waals surface area contributed by atoms with Gasteiger partial charge in [0.2, 0.25) is 10.0 Å². The van der Waals surface area contributed by atoms with Crippen molar-refractivity contribution in [1.29, 1.82) is 0 Å². The molecule has 8 heteroatoms. The van der Waals surface area contributed by atoms with Crippen LogP contribution in [0.4, 0.5) is 0 Å². The molecule has 0 aliphatic rings. The van der Waals surface area contributed by atoms with Gasteiger partial charge in [-0.1, -0.05) is 41.9 Å². The molecule has 0 amide bonds. The Morgan fingerprint density at radius 1 is 1.18 bits per heavy atom. The van der Waals surface area contributed by atoms with Gasteiger partial charge >= 0.3 is 5.97 Å². The van der Waals surface area contributed by atoms with Crippen LogP contribution in [0.1, 0.15) is 5.56 Å². The zero-order chi connectivity index (χ0) is 16.0. The quantitative estimate of drug-likeness (QED) is 0.639. The Bertz CT molecular complexity index is 733.